The molecule has 0 aliphatic carbocycles. The molecule has 1 N–H and O–H groups in total. The molecule has 1 atom stereocenters. The Morgan fingerprint density at radius 1 is 1.09 bits per heavy atom. The van der Waals surface area contributed by atoms with Crippen LogP contribution >= 0.6 is 0 Å². The maximum Gasteiger partial charge on any atom is 0.573 e. The van der Waals surface area contributed by atoms with Gasteiger partial charge < -0.3 is 33.7 Å². The molecule has 46 heavy (non-hydrogen) atoms. The van der Waals surface area contributed by atoms with E-state index in [0.717, 1.165) is 23.1 Å². The molecule has 17 heteroatoms. The topological polar surface area (TPSA) is 119 Å². The number of morpholine rings is 1. The van der Waals surface area contributed by atoms with E-state index in [2.05, 4.69) is 20.3 Å². The van der Waals surface area contributed by atoms with Gasteiger partial charge in [-0.3, -0.25) is 4.79 Å². The Kier molecular flexibility index (Phi) is 8.81. The molecule has 2 aliphatic heterocycles. The van der Waals surface area contributed by atoms with Gasteiger partial charge in [0.25, 0.3) is 11.8 Å². The lowest BCUT2D eigenvalue weighted by Gasteiger charge is -2.27. The number of carbonyl (C=O) groups excluding carboxylic acids is 2. The highest BCUT2D eigenvalue weighted by Crippen LogP contribution is 2.45. The molecule has 1 saturated heterocycles. The molecule has 0 radical (unpaired) electrons. The molecular formula is C29H29F6N5O6. The van der Waals surface area contributed by atoms with Crippen molar-refractivity contribution in [1.82, 2.24) is 15.5 Å². The van der Waals surface area contributed by atoms with Crippen LogP contribution in [0.1, 0.15) is 38.3 Å². The number of anilines is 2. The molecule has 0 spiro atoms. The standard InChI is InChI=1S/C29H29F6N5O6/c1-27(2,3)46-26(42)36-21-14-28(31,32)19-13-20(30)18(23-37-38-25(44-23)39-8-10-43-11-9-39)12-22(19)40(24(21)41)15-16-4-6-17(7-5-16)45-29(33,34)35/h4-7,12-13,21H,8-11,14-15H2,1-3H3,(H,36,42)/t21-/m0/s1. The Morgan fingerprint density at radius 3 is 2.39 bits per heavy atom. The molecule has 1 fully saturated rings. The molecule has 0 bridgehead atoms. The Labute approximate surface area is 258 Å². The monoisotopic (exact) mass is 657 g/mol. The number of hydrogen-bond donors (Lipinski definition) is 1. The number of alkyl carbamates (subject to hydrolysis) is 1. The third kappa shape index (κ3) is 7.63. The summed E-state index contributed by atoms with van der Waals surface area (Å²) in [6, 6.07) is 4.09. The van der Waals surface area contributed by atoms with E-state index in [4.69, 9.17) is 13.9 Å². The molecule has 11 nitrogen and oxygen atoms in total. The quantitative estimate of drug-likeness (QED) is 0.341. The van der Waals surface area contributed by atoms with E-state index in [1.807, 2.05) is 0 Å². The second kappa shape index (κ2) is 12.3. The summed E-state index contributed by atoms with van der Waals surface area (Å²) in [5, 5.41) is 9.99. The number of aromatic nitrogens is 2. The normalized spacial score (nSPS) is 18.5. The number of nitrogens with one attached hydrogen (secondary N) is 1. The van der Waals surface area contributed by atoms with Crippen LogP contribution in [0.5, 0.6) is 5.75 Å². The zero-order valence-electron chi connectivity index (χ0n) is 24.8. The summed E-state index contributed by atoms with van der Waals surface area (Å²) >= 11 is 0. The average molecular weight is 658 g/mol. The van der Waals surface area contributed by atoms with Gasteiger partial charge in [-0.05, 0) is 50.6 Å². The van der Waals surface area contributed by atoms with E-state index >= 15 is 13.2 Å². The van der Waals surface area contributed by atoms with Gasteiger partial charge in [0.2, 0.25) is 5.91 Å². The number of carbonyl (C=O) groups is 2. The van der Waals surface area contributed by atoms with E-state index in [0.29, 0.717) is 32.4 Å². The van der Waals surface area contributed by atoms with Gasteiger partial charge in [-0.1, -0.05) is 17.2 Å². The van der Waals surface area contributed by atoms with Crippen molar-refractivity contribution < 1.29 is 54.6 Å². The molecule has 1 aromatic heterocycles. The Hall–Kier alpha value is -4.54. The Bertz CT molecular complexity index is 1580. The van der Waals surface area contributed by atoms with Crippen LogP contribution in [-0.4, -0.2) is 66.5 Å². The van der Waals surface area contributed by atoms with Crippen LogP contribution in [0.2, 0.25) is 0 Å². The van der Waals surface area contributed by atoms with Crippen LogP contribution in [0.4, 0.5) is 42.8 Å². The van der Waals surface area contributed by atoms with Gasteiger partial charge in [-0.15, -0.1) is 18.3 Å². The van der Waals surface area contributed by atoms with E-state index in [9.17, 15) is 22.8 Å². The zero-order valence-corrected chi connectivity index (χ0v) is 24.8. The molecule has 2 aliphatic rings. The summed E-state index contributed by atoms with van der Waals surface area (Å²) in [4.78, 5) is 29.0. The predicted octanol–water partition coefficient (Wildman–Crippen LogP) is 5.53. The lowest BCUT2D eigenvalue weighted by molar-refractivity contribution is -0.274. The Morgan fingerprint density at radius 2 is 1.76 bits per heavy atom. The van der Waals surface area contributed by atoms with Crippen molar-refractivity contribution in [2.45, 2.75) is 57.7 Å². The van der Waals surface area contributed by atoms with Gasteiger partial charge in [0.15, 0.2) is 0 Å². The van der Waals surface area contributed by atoms with Crippen LogP contribution < -0.4 is 19.9 Å². The largest absolute Gasteiger partial charge is 0.573 e. The van der Waals surface area contributed by atoms with Crippen LogP contribution in [0.25, 0.3) is 11.5 Å². The van der Waals surface area contributed by atoms with Crippen molar-refractivity contribution in [3.05, 3.63) is 53.3 Å². The summed E-state index contributed by atoms with van der Waals surface area (Å²) in [7, 11) is 0. The van der Waals surface area contributed by atoms with Gasteiger partial charge in [0.05, 0.1) is 31.0 Å². The number of amides is 2. The fourth-order valence-electron chi connectivity index (χ4n) is 4.91. The number of ether oxygens (including phenoxy) is 3. The molecule has 5 rings (SSSR count). The summed E-state index contributed by atoms with van der Waals surface area (Å²) in [6.07, 6.45) is -7.34. The van der Waals surface area contributed by atoms with Gasteiger partial charge in [0, 0.05) is 25.1 Å². The highest BCUT2D eigenvalue weighted by Gasteiger charge is 2.47. The Balaban J connectivity index is 1.55. The second-order valence-electron chi connectivity index (χ2n) is 11.6. The maximum absolute atomic E-state index is 15.8. The smallest absolute Gasteiger partial charge is 0.444 e. The highest BCUT2D eigenvalue weighted by atomic mass is 19.4. The predicted molar refractivity (Wildman–Crippen MR) is 149 cm³/mol. The van der Waals surface area contributed by atoms with Crippen LogP contribution in [0.3, 0.4) is 0 Å². The fourth-order valence-corrected chi connectivity index (χ4v) is 4.91. The number of halogens is 6. The van der Waals surface area contributed by atoms with E-state index in [1.54, 1.807) is 4.90 Å². The summed E-state index contributed by atoms with van der Waals surface area (Å²) < 4.78 is 105. The lowest BCUT2D eigenvalue weighted by atomic mass is 9.99. The average Bonchev–Trinajstić information content (AvgIpc) is 3.42. The van der Waals surface area contributed by atoms with Crippen molar-refractivity contribution in [3.63, 3.8) is 0 Å². The van der Waals surface area contributed by atoms with Gasteiger partial charge in [-0.25, -0.2) is 18.0 Å². The van der Waals surface area contributed by atoms with Gasteiger partial charge in [-0.2, -0.15) is 0 Å². The minimum absolute atomic E-state index is 0.0497. The number of hydrogen-bond acceptors (Lipinski definition) is 9. The number of benzene rings is 2. The number of fused-ring (bicyclic) bond motifs is 1. The molecule has 2 amide bonds. The van der Waals surface area contributed by atoms with Gasteiger partial charge >= 0.3 is 18.5 Å². The first-order valence-corrected chi connectivity index (χ1v) is 14.0. The minimum atomic E-state index is -4.95. The van der Waals surface area contributed by atoms with E-state index in [-0.39, 0.29) is 23.0 Å². The molecular weight excluding hydrogens is 628 g/mol. The first-order chi connectivity index (χ1) is 21.5. The molecule has 3 aromatic rings. The van der Waals surface area contributed by atoms with Crippen molar-refractivity contribution in [1.29, 1.82) is 0 Å². The molecule has 2 aromatic carbocycles. The molecule has 0 unspecified atom stereocenters. The summed E-state index contributed by atoms with van der Waals surface area (Å²) in [5.74, 6) is -6.91. The molecule has 3 heterocycles. The minimum Gasteiger partial charge on any atom is -0.444 e. The summed E-state index contributed by atoms with van der Waals surface area (Å²) in [6.45, 7) is 5.76. The highest BCUT2D eigenvalue weighted by molar-refractivity contribution is 6.00. The van der Waals surface area contributed by atoms with Gasteiger partial charge in [0.1, 0.15) is 23.2 Å². The summed E-state index contributed by atoms with van der Waals surface area (Å²) in [5.41, 5.74) is -2.52. The molecule has 248 valence electrons. The first kappa shape index (κ1) is 32.8. The SMILES string of the molecule is CC(C)(C)OC(=O)N[C@H]1CC(F)(F)c2cc(F)c(-c3nnc(N4CCOCC4)o3)cc2N(Cc2ccc(OC(F)(F)F)cc2)C1=O. The number of alkyl halides is 5. The van der Waals surface area contributed by atoms with Crippen molar-refractivity contribution in [2.24, 2.45) is 0 Å². The van der Waals surface area contributed by atoms with Crippen LogP contribution in [0.15, 0.2) is 40.8 Å². The lowest BCUT2D eigenvalue weighted by Crippen LogP contribution is -2.49. The van der Waals surface area contributed by atoms with Crippen molar-refractivity contribution in [2.75, 3.05) is 36.1 Å². The van der Waals surface area contributed by atoms with Crippen molar-refractivity contribution in [3.8, 4) is 17.2 Å². The van der Waals surface area contributed by atoms with E-state index < -0.39 is 71.7 Å². The van der Waals surface area contributed by atoms with E-state index in [1.165, 1.54) is 32.9 Å². The third-order valence-electron chi connectivity index (χ3n) is 6.91. The van der Waals surface area contributed by atoms with Crippen LogP contribution in [-0.2, 0) is 26.7 Å². The molecule has 0 saturated carbocycles. The maximum atomic E-state index is 15.8. The van der Waals surface area contributed by atoms with Crippen LogP contribution in [0, 0.1) is 5.82 Å². The second-order valence-corrected chi connectivity index (χ2v) is 11.6. The zero-order chi connectivity index (χ0) is 33.4. The number of nitrogens with zero attached hydrogens (tertiary/aromatic N) is 4. The third-order valence-corrected chi connectivity index (χ3v) is 6.91. The van der Waals surface area contributed by atoms with Crippen molar-refractivity contribution >= 4 is 23.7 Å². The first-order valence-electron chi connectivity index (χ1n) is 14.0. The fraction of sp³-hybridized carbons (Fsp3) is 0.448. The number of rotatable bonds is 6.